The Morgan fingerprint density at radius 2 is 2.03 bits per heavy atom. The summed E-state index contributed by atoms with van der Waals surface area (Å²) in [5.41, 5.74) is 4.75. The average Bonchev–Trinajstić information content (AvgIpc) is 3.42. The van der Waals surface area contributed by atoms with Gasteiger partial charge in [0.25, 0.3) is 11.7 Å². The largest absolute Gasteiger partial charge is 0.350 e. The number of thioether (sulfide) groups is 1. The van der Waals surface area contributed by atoms with E-state index in [1.807, 2.05) is 58.3 Å². The lowest BCUT2D eigenvalue weighted by Gasteiger charge is -2.24. The zero-order chi connectivity index (χ0) is 22.7. The van der Waals surface area contributed by atoms with Crippen LogP contribution in [0, 0.1) is 13.8 Å². The van der Waals surface area contributed by atoms with Gasteiger partial charge in [-0.05, 0) is 68.0 Å². The number of carbonyl (C=O) groups is 1. The Labute approximate surface area is 195 Å². The van der Waals surface area contributed by atoms with Crippen LogP contribution in [0.25, 0.3) is 5.78 Å². The number of fused-ring (bicyclic) bond motifs is 1. The molecule has 166 valence electrons. The number of benzene rings is 1. The summed E-state index contributed by atoms with van der Waals surface area (Å²) in [5, 5.41) is 12.5. The van der Waals surface area contributed by atoms with Crippen molar-refractivity contribution in [1.29, 1.82) is 0 Å². The molecule has 0 spiro atoms. The Bertz CT molecular complexity index is 1220. The minimum Gasteiger partial charge on any atom is -0.350 e. The van der Waals surface area contributed by atoms with Gasteiger partial charge in [0.1, 0.15) is 0 Å². The highest BCUT2D eigenvalue weighted by atomic mass is 32.2. The van der Waals surface area contributed by atoms with Crippen molar-refractivity contribution >= 4 is 34.8 Å². The predicted molar refractivity (Wildman–Crippen MR) is 129 cm³/mol. The fourth-order valence-electron chi connectivity index (χ4n) is 3.57. The van der Waals surface area contributed by atoms with Gasteiger partial charge in [-0.15, -0.1) is 5.10 Å². The maximum absolute atomic E-state index is 13.0. The van der Waals surface area contributed by atoms with Gasteiger partial charge in [-0.2, -0.15) is 16.3 Å². The molecule has 4 aromatic rings. The van der Waals surface area contributed by atoms with Crippen LogP contribution in [0.3, 0.4) is 0 Å². The van der Waals surface area contributed by atoms with Gasteiger partial charge < -0.3 is 10.2 Å². The van der Waals surface area contributed by atoms with E-state index in [4.69, 9.17) is 0 Å². The molecule has 1 amide bonds. The fourth-order valence-corrected chi connectivity index (χ4v) is 5.10. The number of thiophene rings is 1. The van der Waals surface area contributed by atoms with Gasteiger partial charge in [-0.25, -0.2) is 9.50 Å². The molecule has 0 aliphatic rings. The first kappa shape index (κ1) is 22.4. The van der Waals surface area contributed by atoms with Crippen LogP contribution in [-0.4, -0.2) is 51.0 Å². The Balaban J connectivity index is 1.45. The lowest BCUT2D eigenvalue weighted by atomic mass is 10.1. The highest BCUT2D eigenvalue weighted by molar-refractivity contribution is 7.98. The molecule has 9 heteroatoms. The standard InChI is InChI=1S/C23H26N6OS2/c1-15-11-16(2)29-22(25-15)26-23(27-29)32-14-17-7-5-6-8-19(17)21(30)24-12-20(28(3)4)18-9-10-31-13-18/h5-11,13,20H,12,14H2,1-4H3,(H,24,30). The lowest BCUT2D eigenvalue weighted by molar-refractivity contribution is 0.0941. The number of rotatable bonds is 8. The van der Waals surface area contributed by atoms with Crippen molar-refractivity contribution in [1.82, 2.24) is 29.8 Å². The van der Waals surface area contributed by atoms with Crippen molar-refractivity contribution < 1.29 is 4.79 Å². The quantitative estimate of drug-likeness (QED) is 0.394. The summed E-state index contributed by atoms with van der Waals surface area (Å²) >= 11 is 3.17. The number of aromatic nitrogens is 4. The van der Waals surface area contributed by atoms with Crippen molar-refractivity contribution in [3.05, 3.63) is 75.2 Å². The van der Waals surface area contributed by atoms with Gasteiger partial charge in [0.15, 0.2) is 0 Å². The number of nitrogens with zero attached hydrogens (tertiary/aromatic N) is 5. The van der Waals surface area contributed by atoms with E-state index in [1.54, 1.807) is 15.9 Å². The van der Waals surface area contributed by atoms with Crippen molar-refractivity contribution in [2.75, 3.05) is 20.6 Å². The molecule has 32 heavy (non-hydrogen) atoms. The number of hydrogen-bond acceptors (Lipinski definition) is 7. The van der Waals surface area contributed by atoms with Crippen LogP contribution in [0.5, 0.6) is 0 Å². The zero-order valence-corrected chi connectivity index (χ0v) is 20.2. The maximum Gasteiger partial charge on any atom is 0.253 e. The topological polar surface area (TPSA) is 75.4 Å². The van der Waals surface area contributed by atoms with Crippen LogP contribution in [-0.2, 0) is 5.75 Å². The van der Waals surface area contributed by atoms with E-state index in [0.717, 1.165) is 17.0 Å². The summed E-state index contributed by atoms with van der Waals surface area (Å²) in [4.78, 5) is 24.1. The summed E-state index contributed by atoms with van der Waals surface area (Å²) in [7, 11) is 4.05. The van der Waals surface area contributed by atoms with Gasteiger partial charge in [0.05, 0.1) is 6.04 Å². The van der Waals surface area contributed by atoms with E-state index in [-0.39, 0.29) is 11.9 Å². The van der Waals surface area contributed by atoms with Crippen molar-refractivity contribution in [2.45, 2.75) is 30.8 Å². The molecular formula is C23H26N6OS2. The SMILES string of the molecule is Cc1cc(C)n2nc(SCc3ccccc3C(=O)NCC(c3ccsc3)N(C)C)nc2n1. The lowest BCUT2D eigenvalue weighted by Crippen LogP contribution is -2.34. The summed E-state index contributed by atoms with van der Waals surface area (Å²) in [6.45, 7) is 4.48. The van der Waals surface area contributed by atoms with Crippen LogP contribution < -0.4 is 5.32 Å². The minimum absolute atomic E-state index is 0.0700. The number of likely N-dealkylation sites (N-methyl/N-ethyl adjacent to an activating group) is 1. The van der Waals surface area contributed by atoms with Crippen LogP contribution in [0.2, 0.25) is 0 Å². The van der Waals surface area contributed by atoms with Gasteiger partial charge in [-0.1, -0.05) is 30.0 Å². The summed E-state index contributed by atoms with van der Waals surface area (Å²) < 4.78 is 1.75. The molecule has 3 heterocycles. The van der Waals surface area contributed by atoms with E-state index in [9.17, 15) is 4.79 Å². The van der Waals surface area contributed by atoms with Crippen molar-refractivity contribution in [2.24, 2.45) is 0 Å². The Morgan fingerprint density at radius 1 is 1.22 bits per heavy atom. The first-order valence-corrected chi connectivity index (χ1v) is 12.2. The maximum atomic E-state index is 13.0. The molecule has 1 atom stereocenters. The fraction of sp³-hybridized carbons (Fsp3) is 0.304. The third-order valence-electron chi connectivity index (χ3n) is 5.22. The molecule has 0 fully saturated rings. The van der Waals surface area contributed by atoms with Gasteiger partial charge in [0.2, 0.25) is 5.16 Å². The molecule has 3 aromatic heterocycles. The average molecular weight is 467 g/mol. The number of carbonyl (C=O) groups excluding carboxylic acids is 1. The molecule has 0 saturated heterocycles. The van der Waals surface area contributed by atoms with Crippen LogP contribution >= 0.6 is 23.1 Å². The van der Waals surface area contributed by atoms with Gasteiger partial charge in [-0.3, -0.25) is 4.79 Å². The van der Waals surface area contributed by atoms with E-state index in [0.29, 0.717) is 28.8 Å². The second kappa shape index (κ2) is 9.81. The second-order valence-electron chi connectivity index (χ2n) is 7.84. The Hall–Kier alpha value is -2.75. The third kappa shape index (κ3) is 5.01. The molecule has 7 nitrogen and oxygen atoms in total. The molecular weight excluding hydrogens is 440 g/mol. The summed E-state index contributed by atoms with van der Waals surface area (Å²) in [6, 6.07) is 11.9. The molecule has 1 N–H and O–H groups in total. The highest BCUT2D eigenvalue weighted by Crippen LogP contribution is 2.24. The third-order valence-corrected chi connectivity index (χ3v) is 6.81. The van der Waals surface area contributed by atoms with E-state index in [2.05, 4.69) is 42.1 Å². The van der Waals surface area contributed by atoms with E-state index >= 15 is 0 Å². The number of amides is 1. The van der Waals surface area contributed by atoms with Crippen LogP contribution in [0.1, 0.15) is 38.9 Å². The predicted octanol–water partition coefficient (Wildman–Crippen LogP) is 4.13. The van der Waals surface area contributed by atoms with Crippen LogP contribution in [0.15, 0.2) is 52.3 Å². The minimum atomic E-state index is -0.0700. The first-order chi connectivity index (χ1) is 15.4. The van der Waals surface area contributed by atoms with Crippen molar-refractivity contribution in [3.63, 3.8) is 0 Å². The molecule has 1 aromatic carbocycles. The molecule has 0 aliphatic carbocycles. The number of hydrogen-bond donors (Lipinski definition) is 1. The van der Waals surface area contributed by atoms with E-state index < -0.39 is 0 Å². The molecule has 1 unspecified atom stereocenters. The van der Waals surface area contributed by atoms with Gasteiger partial charge >= 0.3 is 0 Å². The summed E-state index contributed by atoms with van der Waals surface area (Å²) in [5.74, 6) is 1.12. The molecule has 0 aliphatic heterocycles. The van der Waals surface area contributed by atoms with Crippen LogP contribution in [0.4, 0.5) is 0 Å². The van der Waals surface area contributed by atoms with Gasteiger partial charge in [0, 0.05) is 29.2 Å². The molecule has 4 rings (SSSR count). The summed E-state index contributed by atoms with van der Waals surface area (Å²) in [6.07, 6.45) is 0. The molecule has 0 radical (unpaired) electrons. The number of nitrogens with one attached hydrogen (secondary N) is 1. The number of aryl methyl sites for hydroxylation is 2. The normalized spacial score (nSPS) is 12.4. The van der Waals surface area contributed by atoms with E-state index in [1.165, 1.54) is 17.3 Å². The smallest absolute Gasteiger partial charge is 0.253 e. The zero-order valence-electron chi connectivity index (χ0n) is 18.6. The Kier molecular flexibility index (Phi) is 6.88. The molecule has 0 saturated carbocycles. The first-order valence-electron chi connectivity index (χ1n) is 10.3. The Morgan fingerprint density at radius 3 is 2.78 bits per heavy atom. The highest BCUT2D eigenvalue weighted by Gasteiger charge is 2.18. The second-order valence-corrected chi connectivity index (χ2v) is 9.56. The monoisotopic (exact) mass is 466 g/mol. The van der Waals surface area contributed by atoms with Crippen molar-refractivity contribution in [3.8, 4) is 0 Å². The molecule has 0 bridgehead atoms.